The highest BCUT2D eigenvalue weighted by atomic mass is 16.5. The predicted octanol–water partition coefficient (Wildman–Crippen LogP) is 4.01. The van der Waals surface area contributed by atoms with Crippen LogP contribution in [-0.4, -0.2) is 23.9 Å². The number of hydrogen-bond acceptors (Lipinski definition) is 2. The topological polar surface area (TPSA) is 29.5 Å². The minimum atomic E-state index is -0.0949. The van der Waals surface area contributed by atoms with Gasteiger partial charge in [-0.25, -0.2) is 0 Å². The van der Waals surface area contributed by atoms with Gasteiger partial charge in [-0.05, 0) is 74.0 Å². The molecule has 2 heteroatoms. The van der Waals surface area contributed by atoms with Gasteiger partial charge in [0.15, 0.2) is 0 Å². The zero-order valence-corrected chi connectivity index (χ0v) is 13.7. The molecule has 0 amide bonds. The third-order valence-electron chi connectivity index (χ3n) is 7.57. The van der Waals surface area contributed by atoms with Crippen LogP contribution in [-0.2, 0) is 4.74 Å². The smallest absolute Gasteiger partial charge is 0.0607 e. The summed E-state index contributed by atoms with van der Waals surface area (Å²) in [4.78, 5) is 0. The molecule has 20 heavy (non-hydrogen) atoms. The van der Waals surface area contributed by atoms with E-state index in [-0.39, 0.29) is 6.10 Å². The largest absolute Gasteiger partial charge is 0.393 e. The first-order valence-electron chi connectivity index (χ1n) is 8.69. The normalized spacial score (nSPS) is 50.5. The van der Waals surface area contributed by atoms with Crippen molar-refractivity contribution in [1.29, 1.82) is 0 Å². The molecule has 3 rings (SSSR count). The molecule has 2 bridgehead atoms. The monoisotopic (exact) mass is 280 g/mol. The Bertz CT molecular complexity index is 364. The Labute approximate surface area is 124 Å². The van der Waals surface area contributed by atoms with Gasteiger partial charge in [-0.15, -0.1) is 0 Å². The second-order valence-corrected chi connectivity index (χ2v) is 8.34. The molecule has 6 atom stereocenters. The van der Waals surface area contributed by atoms with E-state index < -0.39 is 0 Å². The fourth-order valence-corrected chi connectivity index (χ4v) is 5.91. The van der Waals surface area contributed by atoms with Crippen molar-refractivity contribution in [1.82, 2.24) is 0 Å². The average molecular weight is 280 g/mol. The van der Waals surface area contributed by atoms with Crippen LogP contribution in [0.2, 0.25) is 0 Å². The van der Waals surface area contributed by atoms with Crippen LogP contribution in [0.25, 0.3) is 0 Å². The van der Waals surface area contributed by atoms with Crippen molar-refractivity contribution in [3.05, 3.63) is 0 Å². The van der Waals surface area contributed by atoms with Gasteiger partial charge < -0.3 is 9.84 Å². The lowest BCUT2D eigenvalue weighted by Crippen LogP contribution is -2.44. The molecule has 1 N–H and O–H groups in total. The number of fused-ring (bicyclic) bond motifs is 2. The van der Waals surface area contributed by atoms with E-state index in [1.165, 1.54) is 19.3 Å². The summed E-state index contributed by atoms with van der Waals surface area (Å²) in [6.07, 6.45) is 7.39. The fraction of sp³-hybridized carbons (Fsp3) is 1.00. The molecule has 0 aromatic heterocycles. The number of hydrogen-bond donors (Lipinski definition) is 1. The highest BCUT2D eigenvalue weighted by Gasteiger charge is 2.63. The standard InChI is InChI=1S/C18H32O2/c1-5-20-16-7-6-13(19)11-14(16)15-10-12-8-9-18(15,4)17(12,2)3/h12-16,19H,5-11H2,1-4H3/t12-,13?,14?,15+,16?,18+/m1/s1. The first-order valence-corrected chi connectivity index (χ1v) is 8.69. The Kier molecular flexibility index (Phi) is 3.70. The summed E-state index contributed by atoms with van der Waals surface area (Å²) in [5.74, 6) is 2.22. The maximum atomic E-state index is 10.2. The number of aliphatic hydroxyl groups excluding tert-OH is 1. The van der Waals surface area contributed by atoms with Gasteiger partial charge in [-0.1, -0.05) is 20.8 Å². The van der Waals surface area contributed by atoms with Crippen molar-refractivity contribution in [2.24, 2.45) is 28.6 Å². The summed E-state index contributed by atoms with van der Waals surface area (Å²) in [5.41, 5.74) is 0.922. The van der Waals surface area contributed by atoms with Crippen LogP contribution in [0.3, 0.4) is 0 Å². The van der Waals surface area contributed by atoms with Crippen LogP contribution < -0.4 is 0 Å². The molecule has 3 saturated carbocycles. The Morgan fingerprint density at radius 1 is 1.10 bits per heavy atom. The van der Waals surface area contributed by atoms with Crippen molar-refractivity contribution in [2.45, 2.75) is 78.4 Å². The van der Waals surface area contributed by atoms with Gasteiger partial charge in [0.1, 0.15) is 0 Å². The average Bonchev–Trinajstić information content (AvgIpc) is 2.73. The van der Waals surface area contributed by atoms with Crippen molar-refractivity contribution in [3.63, 3.8) is 0 Å². The Morgan fingerprint density at radius 2 is 1.85 bits per heavy atom. The van der Waals surface area contributed by atoms with Crippen molar-refractivity contribution >= 4 is 0 Å². The number of ether oxygens (including phenoxy) is 1. The molecule has 0 aromatic carbocycles. The maximum Gasteiger partial charge on any atom is 0.0607 e. The van der Waals surface area contributed by atoms with Crippen LogP contribution >= 0.6 is 0 Å². The van der Waals surface area contributed by atoms with Crippen molar-refractivity contribution < 1.29 is 9.84 Å². The molecule has 0 aromatic rings. The van der Waals surface area contributed by atoms with Crippen LogP contribution in [0.1, 0.15) is 66.2 Å². The Balaban J connectivity index is 1.84. The van der Waals surface area contributed by atoms with E-state index in [2.05, 4.69) is 27.7 Å². The van der Waals surface area contributed by atoms with Crippen LogP contribution in [0.5, 0.6) is 0 Å². The van der Waals surface area contributed by atoms with Crippen LogP contribution in [0, 0.1) is 28.6 Å². The lowest BCUT2D eigenvalue weighted by molar-refractivity contribution is -0.0838. The molecule has 3 fully saturated rings. The van der Waals surface area contributed by atoms with E-state index in [0.717, 1.165) is 37.7 Å². The zero-order valence-electron chi connectivity index (χ0n) is 13.7. The van der Waals surface area contributed by atoms with E-state index in [4.69, 9.17) is 4.74 Å². The summed E-state index contributed by atoms with van der Waals surface area (Å²) in [7, 11) is 0. The third kappa shape index (κ3) is 1.98. The predicted molar refractivity (Wildman–Crippen MR) is 81.5 cm³/mol. The minimum Gasteiger partial charge on any atom is -0.393 e. The molecule has 0 aliphatic heterocycles. The number of aliphatic hydroxyl groups is 1. The molecule has 2 nitrogen and oxygen atoms in total. The van der Waals surface area contributed by atoms with E-state index in [1.807, 2.05) is 0 Å². The number of rotatable bonds is 3. The van der Waals surface area contributed by atoms with Crippen LogP contribution in [0.15, 0.2) is 0 Å². The summed E-state index contributed by atoms with van der Waals surface area (Å²) in [5, 5.41) is 10.2. The first-order chi connectivity index (χ1) is 9.40. The van der Waals surface area contributed by atoms with E-state index >= 15 is 0 Å². The summed E-state index contributed by atoms with van der Waals surface area (Å²) in [6.45, 7) is 10.4. The van der Waals surface area contributed by atoms with Gasteiger partial charge in [-0.2, -0.15) is 0 Å². The highest BCUT2D eigenvalue weighted by molar-refractivity contribution is 5.12. The molecule has 0 radical (unpaired) electrons. The van der Waals surface area contributed by atoms with Crippen molar-refractivity contribution in [3.8, 4) is 0 Å². The minimum absolute atomic E-state index is 0.0949. The zero-order chi connectivity index (χ0) is 14.5. The second kappa shape index (κ2) is 4.98. The van der Waals surface area contributed by atoms with Gasteiger partial charge in [-0.3, -0.25) is 0 Å². The molecule has 3 aliphatic carbocycles. The summed E-state index contributed by atoms with van der Waals surface area (Å²) >= 11 is 0. The molecular formula is C18H32O2. The second-order valence-electron chi connectivity index (χ2n) is 8.34. The Morgan fingerprint density at radius 3 is 2.40 bits per heavy atom. The molecule has 3 aliphatic rings. The van der Waals surface area contributed by atoms with Crippen LogP contribution in [0.4, 0.5) is 0 Å². The van der Waals surface area contributed by atoms with Gasteiger partial charge >= 0.3 is 0 Å². The van der Waals surface area contributed by atoms with Gasteiger partial charge in [0.2, 0.25) is 0 Å². The van der Waals surface area contributed by atoms with Gasteiger partial charge in [0.05, 0.1) is 12.2 Å². The molecule has 0 heterocycles. The third-order valence-corrected chi connectivity index (χ3v) is 7.57. The first kappa shape index (κ1) is 14.8. The quantitative estimate of drug-likeness (QED) is 0.846. The molecule has 0 saturated heterocycles. The van der Waals surface area contributed by atoms with E-state index in [0.29, 0.717) is 22.9 Å². The lowest BCUT2D eigenvalue weighted by atomic mass is 9.60. The summed E-state index contributed by atoms with van der Waals surface area (Å²) < 4.78 is 6.07. The molecule has 116 valence electrons. The SMILES string of the molecule is CCOC1CCC(O)CC1[C@@H]1C[C@H]2CC[C@]1(C)C2(C)C. The Hall–Kier alpha value is -0.0800. The maximum absolute atomic E-state index is 10.2. The highest BCUT2D eigenvalue weighted by Crippen LogP contribution is 2.70. The van der Waals surface area contributed by atoms with Gasteiger partial charge in [0, 0.05) is 6.61 Å². The molecule has 0 spiro atoms. The summed E-state index contributed by atoms with van der Waals surface area (Å²) in [6, 6.07) is 0. The molecule has 3 unspecified atom stereocenters. The lowest BCUT2D eigenvalue weighted by Gasteiger charge is -2.47. The van der Waals surface area contributed by atoms with E-state index in [1.54, 1.807) is 0 Å². The van der Waals surface area contributed by atoms with Gasteiger partial charge in [0.25, 0.3) is 0 Å². The van der Waals surface area contributed by atoms with Crippen molar-refractivity contribution in [2.75, 3.05) is 6.61 Å². The fourth-order valence-electron chi connectivity index (χ4n) is 5.91. The van der Waals surface area contributed by atoms with E-state index in [9.17, 15) is 5.11 Å². The molecular weight excluding hydrogens is 248 g/mol.